The Balaban J connectivity index is 2.02. The lowest BCUT2D eigenvalue weighted by atomic mass is 10.2. The van der Waals surface area contributed by atoms with Gasteiger partial charge in [-0.05, 0) is 37.3 Å². The summed E-state index contributed by atoms with van der Waals surface area (Å²) in [7, 11) is 4.51. The van der Waals surface area contributed by atoms with Crippen molar-refractivity contribution in [2.75, 3.05) is 26.6 Å². The Kier molecular flexibility index (Phi) is 6.43. The number of hydrogen-bond acceptors (Lipinski definition) is 6. The number of anilines is 1. The van der Waals surface area contributed by atoms with Crippen molar-refractivity contribution >= 4 is 17.6 Å². The molecule has 0 fully saturated rings. The third-order valence-electron chi connectivity index (χ3n) is 3.61. The number of rotatable bonds is 7. The van der Waals surface area contributed by atoms with E-state index < -0.39 is 18.0 Å². The van der Waals surface area contributed by atoms with E-state index in [0.29, 0.717) is 22.9 Å². The van der Waals surface area contributed by atoms with Crippen LogP contribution in [-0.4, -0.2) is 39.3 Å². The molecule has 1 N–H and O–H groups in total. The topological polar surface area (TPSA) is 83.1 Å². The highest BCUT2D eigenvalue weighted by Gasteiger charge is 2.20. The fraction of sp³-hybridized carbons (Fsp3) is 0.263. The van der Waals surface area contributed by atoms with E-state index in [9.17, 15) is 9.59 Å². The number of carbonyl (C=O) groups excluding carboxylic acids is 2. The number of hydrogen-bond donors (Lipinski definition) is 1. The van der Waals surface area contributed by atoms with Gasteiger partial charge >= 0.3 is 5.97 Å². The highest BCUT2D eigenvalue weighted by atomic mass is 16.5. The quantitative estimate of drug-likeness (QED) is 0.766. The Morgan fingerprint density at radius 3 is 2.31 bits per heavy atom. The minimum Gasteiger partial charge on any atom is -0.497 e. The normalized spacial score (nSPS) is 11.2. The number of amides is 1. The molecule has 1 atom stereocenters. The maximum atomic E-state index is 12.3. The third-order valence-corrected chi connectivity index (χ3v) is 3.61. The molecule has 1 amide bonds. The largest absolute Gasteiger partial charge is 0.497 e. The Bertz CT molecular complexity index is 789. The number of methoxy groups -OCH3 is 3. The SMILES string of the molecule is COc1cccc(NC(=O)[C@H](C)OC(=O)c2ccc(OC)c(OC)c2)c1. The molecule has 7 nitrogen and oxygen atoms in total. The van der Waals surface area contributed by atoms with Crippen molar-refractivity contribution in [1.82, 2.24) is 0 Å². The summed E-state index contributed by atoms with van der Waals surface area (Å²) in [4.78, 5) is 24.5. The van der Waals surface area contributed by atoms with E-state index in [1.165, 1.54) is 40.4 Å². The molecule has 2 aromatic rings. The van der Waals surface area contributed by atoms with Gasteiger partial charge in [-0.1, -0.05) is 6.07 Å². The van der Waals surface area contributed by atoms with Crippen LogP contribution in [0, 0.1) is 0 Å². The van der Waals surface area contributed by atoms with E-state index in [1.807, 2.05) is 0 Å². The number of nitrogens with one attached hydrogen (secondary N) is 1. The van der Waals surface area contributed by atoms with E-state index >= 15 is 0 Å². The van der Waals surface area contributed by atoms with Gasteiger partial charge in [-0.3, -0.25) is 4.79 Å². The number of carbonyl (C=O) groups is 2. The molecular weight excluding hydrogens is 338 g/mol. The molecule has 0 radical (unpaired) electrons. The van der Waals surface area contributed by atoms with Crippen LogP contribution in [0.25, 0.3) is 0 Å². The van der Waals surface area contributed by atoms with Gasteiger partial charge in [-0.15, -0.1) is 0 Å². The van der Waals surface area contributed by atoms with Gasteiger partial charge in [0.1, 0.15) is 5.75 Å². The van der Waals surface area contributed by atoms with Gasteiger partial charge in [0.2, 0.25) is 0 Å². The van der Waals surface area contributed by atoms with E-state index in [2.05, 4.69) is 5.32 Å². The van der Waals surface area contributed by atoms with Crippen LogP contribution in [0.15, 0.2) is 42.5 Å². The first kappa shape index (κ1) is 19.1. The summed E-state index contributed by atoms with van der Waals surface area (Å²) in [5.74, 6) is 0.410. The van der Waals surface area contributed by atoms with Crippen LogP contribution in [0.1, 0.15) is 17.3 Å². The Hall–Kier alpha value is -3.22. The number of benzene rings is 2. The van der Waals surface area contributed by atoms with Crippen molar-refractivity contribution in [2.45, 2.75) is 13.0 Å². The molecule has 0 heterocycles. The van der Waals surface area contributed by atoms with Gasteiger partial charge in [0.05, 0.1) is 26.9 Å². The monoisotopic (exact) mass is 359 g/mol. The van der Waals surface area contributed by atoms with Crippen LogP contribution in [-0.2, 0) is 9.53 Å². The summed E-state index contributed by atoms with van der Waals surface area (Å²) >= 11 is 0. The van der Waals surface area contributed by atoms with Crippen molar-refractivity contribution in [3.05, 3.63) is 48.0 Å². The third kappa shape index (κ3) is 4.66. The zero-order valence-corrected chi connectivity index (χ0v) is 15.1. The van der Waals surface area contributed by atoms with Crippen LogP contribution in [0.3, 0.4) is 0 Å². The van der Waals surface area contributed by atoms with Gasteiger partial charge < -0.3 is 24.3 Å². The fourth-order valence-electron chi connectivity index (χ4n) is 2.19. The summed E-state index contributed by atoms with van der Waals surface area (Å²) in [5.41, 5.74) is 0.798. The van der Waals surface area contributed by atoms with Gasteiger partial charge in [0.25, 0.3) is 5.91 Å². The maximum Gasteiger partial charge on any atom is 0.339 e. The molecule has 0 spiro atoms. The van der Waals surface area contributed by atoms with Crippen molar-refractivity contribution in [1.29, 1.82) is 0 Å². The molecule has 138 valence electrons. The first-order valence-electron chi connectivity index (χ1n) is 7.86. The predicted molar refractivity (Wildman–Crippen MR) is 96.0 cm³/mol. The van der Waals surface area contributed by atoms with E-state index in [4.69, 9.17) is 18.9 Å². The number of esters is 1. The molecule has 0 aliphatic rings. The van der Waals surface area contributed by atoms with E-state index in [0.717, 1.165) is 0 Å². The second kappa shape index (κ2) is 8.75. The second-order valence-corrected chi connectivity index (χ2v) is 5.34. The van der Waals surface area contributed by atoms with Crippen molar-refractivity contribution in [3.8, 4) is 17.2 Å². The molecule has 0 aliphatic heterocycles. The molecule has 0 bridgehead atoms. The minimum absolute atomic E-state index is 0.253. The molecule has 7 heteroatoms. The van der Waals surface area contributed by atoms with Crippen molar-refractivity contribution in [3.63, 3.8) is 0 Å². The lowest BCUT2D eigenvalue weighted by Gasteiger charge is -2.15. The molecule has 0 aliphatic carbocycles. The first-order chi connectivity index (χ1) is 12.5. The first-order valence-corrected chi connectivity index (χ1v) is 7.86. The molecule has 0 saturated carbocycles. The van der Waals surface area contributed by atoms with E-state index in [1.54, 1.807) is 30.3 Å². The summed E-state index contributed by atoms with van der Waals surface area (Å²) in [6, 6.07) is 11.5. The highest BCUT2D eigenvalue weighted by molar-refractivity contribution is 5.97. The maximum absolute atomic E-state index is 12.3. The average Bonchev–Trinajstić information content (AvgIpc) is 2.67. The molecular formula is C19H21NO6. The van der Waals surface area contributed by atoms with Crippen LogP contribution in [0.5, 0.6) is 17.2 Å². The smallest absolute Gasteiger partial charge is 0.339 e. The summed E-state index contributed by atoms with van der Waals surface area (Å²) in [6.45, 7) is 1.49. The van der Waals surface area contributed by atoms with Crippen LogP contribution < -0.4 is 19.5 Å². The molecule has 0 aromatic heterocycles. The zero-order chi connectivity index (χ0) is 19.1. The molecule has 2 aromatic carbocycles. The highest BCUT2D eigenvalue weighted by Crippen LogP contribution is 2.28. The predicted octanol–water partition coefficient (Wildman–Crippen LogP) is 2.90. The molecule has 26 heavy (non-hydrogen) atoms. The Morgan fingerprint density at radius 1 is 0.923 bits per heavy atom. The van der Waals surface area contributed by atoms with Crippen LogP contribution in [0.2, 0.25) is 0 Å². The summed E-state index contributed by atoms with van der Waals surface area (Å²) in [5, 5.41) is 2.67. The second-order valence-electron chi connectivity index (χ2n) is 5.34. The van der Waals surface area contributed by atoms with Crippen molar-refractivity contribution in [2.24, 2.45) is 0 Å². The van der Waals surface area contributed by atoms with Crippen LogP contribution in [0.4, 0.5) is 5.69 Å². The average molecular weight is 359 g/mol. The standard InChI is InChI=1S/C19H21NO6/c1-12(18(21)20-14-6-5-7-15(11-14)23-2)26-19(22)13-8-9-16(24-3)17(10-13)25-4/h5-12H,1-4H3,(H,20,21)/t12-/m0/s1. The Labute approximate surface area is 151 Å². The summed E-state index contributed by atoms with van der Waals surface area (Å²) < 4.78 is 20.6. The van der Waals surface area contributed by atoms with Gasteiger partial charge in [-0.2, -0.15) is 0 Å². The van der Waals surface area contributed by atoms with Crippen molar-refractivity contribution < 1.29 is 28.5 Å². The fourth-order valence-corrected chi connectivity index (χ4v) is 2.19. The minimum atomic E-state index is -0.984. The molecule has 2 rings (SSSR count). The lowest BCUT2D eigenvalue weighted by molar-refractivity contribution is -0.123. The van der Waals surface area contributed by atoms with Gasteiger partial charge in [0.15, 0.2) is 17.6 Å². The Morgan fingerprint density at radius 2 is 1.65 bits per heavy atom. The zero-order valence-electron chi connectivity index (χ0n) is 15.1. The van der Waals surface area contributed by atoms with Gasteiger partial charge in [-0.25, -0.2) is 4.79 Å². The van der Waals surface area contributed by atoms with E-state index in [-0.39, 0.29) is 5.56 Å². The van der Waals surface area contributed by atoms with Crippen LogP contribution >= 0.6 is 0 Å². The van der Waals surface area contributed by atoms with Gasteiger partial charge in [0, 0.05) is 11.8 Å². The lowest BCUT2D eigenvalue weighted by Crippen LogP contribution is -2.30. The molecule has 0 unspecified atom stereocenters. The summed E-state index contributed by atoms with van der Waals surface area (Å²) in [6.07, 6.45) is -0.984. The molecule has 0 saturated heterocycles. The number of ether oxygens (including phenoxy) is 4.